The van der Waals surface area contributed by atoms with Gasteiger partial charge in [0.15, 0.2) is 12.3 Å². The summed E-state index contributed by atoms with van der Waals surface area (Å²) in [7, 11) is 1.50. The Morgan fingerprint density at radius 2 is 1.77 bits per heavy atom. The van der Waals surface area contributed by atoms with Gasteiger partial charge in [-0.05, 0) is 24.6 Å². The van der Waals surface area contributed by atoms with Crippen molar-refractivity contribution in [2.75, 3.05) is 19.0 Å². The van der Waals surface area contributed by atoms with Crippen LogP contribution in [-0.4, -0.2) is 35.4 Å². The van der Waals surface area contributed by atoms with Crippen LogP contribution in [0.3, 0.4) is 0 Å². The number of carbonyl (C=O) groups excluding carboxylic acids is 2. The molecule has 0 saturated heterocycles. The molecule has 1 aromatic heterocycles. The minimum atomic E-state index is -0.772. The van der Waals surface area contributed by atoms with Gasteiger partial charge in [0.05, 0.1) is 18.2 Å². The Labute approximate surface area is 173 Å². The van der Waals surface area contributed by atoms with Gasteiger partial charge in [0.25, 0.3) is 11.5 Å². The molecule has 1 heterocycles. The lowest BCUT2D eigenvalue weighted by molar-refractivity contribution is -0.119. The SMILES string of the molecule is CCCCn1nc(C(=O)OCC(=O)Nc2ccccc2OC)c2ccccc2c1=O. The number of nitrogens with zero attached hydrogens (tertiary/aromatic N) is 2. The molecule has 2 aromatic carbocycles. The first-order chi connectivity index (χ1) is 14.5. The van der Waals surface area contributed by atoms with E-state index in [4.69, 9.17) is 9.47 Å². The zero-order valence-electron chi connectivity index (χ0n) is 16.9. The number of benzene rings is 2. The number of hydrogen-bond acceptors (Lipinski definition) is 6. The molecule has 8 nitrogen and oxygen atoms in total. The second kappa shape index (κ2) is 9.69. The summed E-state index contributed by atoms with van der Waals surface area (Å²) < 4.78 is 11.6. The summed E-state index contributed by atoms with van der Waals surface area (Å²) in [6.45, 7) is 1.90. The van der Waals surface area contributed by atoms with Crippen molar-refractivity contribution in [3.8, 4) is 5.75 Å². The predicted octanol–water partition coefficient (Wildman–Crippen LogP) is 3.00. The van der Waals surface area contributed by atoms with E-state index in [1.165, 1.54) is 11.8 Å². The van der Waals surface area contributed by atoms with E-state index in [1.54, 1.807) is 48.5 Å². The summed E-state index contributed by atoms with van der Waals surface area (Å²) >= 11 is 0. The Kier molecular flexibility index (Phi) is 6.79. The Morgan fingerprint density at radius 3 is 2.50 bits per heavy atom. The van der Waals surface area contributed by atoms with Crippen molar-refractivity contribution >= 4 is 28.3 Å². The number of hydrogen-bond donors (Lipinski definition) is 1. The molecular weight excluding hydrogens is 386 g/mol. The first-order valence-electron chi connectivity index (χ1n) is 9.65. The maximum Gasteiger partial charge on any atom is 0.359 e. The van der Waals surface area contributed by atoms with Gasteiger partial charge in [-0.3, -0.25) is 9.59 Å². The number of ether oxygens (including phenoxy) is 2. The van der Waals surface area contributed by atoms with E-state index in [1.807, 2.05) is 6.92 Å². The predicted molar refractivity (Wildman–Crippen MR) is 113 cm³/mol. The fraction of sp³-hybridized carbons (Fsp3) is 0.273. The van der Waals surface area contributed by atoms with Crippen LogP contribution in [-0.2, 0) is 16.1 Å². The minimum Gasteiger partial charge on any atom is -0.495 e. The molecule has 1 amide bonds. The summed E-state index contributed by atoms with van der Waals surface area (Å²) in [4.78, 5) is 37.5. The summed E-state index contributed by atoms with van der Waals surface area (Å²) in [5.41, 5.74) is 0.216. The molecule has 0 radical (unpaired) electrons. The first-order valence-corrected chi connectivity index (χ1v) is 9.65. The van der Waals surface area contributed by atoms with Gasteiger partial charge in [-0.2, -0.15) is 5.10 Å². The number of unbranched alkanes of at least 4 members (excludes halogenated alkanes) is 1. The van der Waals surface area contributed by atoms with Crippen molar-refractivity contribution in [2.24, 2.45) is 0 Å². The number of methoxy groups -OCH3 is 1. The number of carbonyl (C=O) groups is 2. The maximum absolute atomic E-state index is 12.7. The fourth-order valence-electron chi connectivity index (χ4n) is 2.98. The molecule has 0 saturated carbocycles. The van der Waals surface area contributed by atoms with Crippen LogP contribution in [0.4, 0.5) is 5.69 Å². The van der Waals surface area contributed by atoms with E-state index in [9.17, 15) is 14.4 Å². The lowest BCUT2D eigenvalue weighted by atomic mass is 10.1. The van der Waals surface area contributed by atoms with Gasteiger partial charge >= 0.3 is 5.97 Å². The van der Waals surface area contributed by atoms with Crippen LogP contribution in [0.15, 0.2) is 53.3 Å². The standard InChI is InChI=1S/C22H23N3O5/c1-3-4-13-25-21(27)16-10-6-5-9-15(16)20(24-25)22(28)30-14-19(26)23-17-11-7-8-12-18(17)29-2/h5-12H,3-4,13-14H2,1-2H3,(H,23,26). The molecule has 30 heavy (non-hydrogen) atoms. The summed E-state index contributed by atoms with van der Waals surface area (Å²) in [6, 6.07) is 13.6. The summed E-state index contributed by atoms with van der Waals surface area (Å²) in [5, 5.41) is 7.62. The van der Waals surface area contributed by atoms with Crippen LogP contribution >= 0.6 is 0 Å². The molecule has 0 spiro atoms. The Hall–Kier alpha value is -3.68. The number of aromatic nitrogens is 2. The van der Waals surface area contributed by atoms with E-state index >= 15 is 0 Å². The number of para-hydroxylation sites is 2. The number of amides is 1. The van der Waals surface area contributed by atoms with Gasteiger partial charge in [0, 0.05) is 11.9 Å². The molecule has 0 bridgehead atoms. The summed E-state index contributed by atoms with van der Waals surface area (Å²) in [6.07, 6.45) is 1.63. The third-order valence-electron chi connectivity index (χ3n) is 4.50. The highest BCUT2D eigenvalue weighted by Gasteiger charge is 2.19. The molecule has 0 aliphatic heterocycles. The fourth-order valence-corrected chi connectivity index (χ4v) is 2.98. The van der Waals surface area contributed by atoms with E-state index in [-0.39, 0.29) is 11.3 Å². The molecule has 3 aromatic rings. The number of rotatable bonds is 8. The highest BCUT2D eigenvalue weighted by Crippen LogP contribution is 2.22. The van der Waals surface area contributed by atoms with Crippen LogP contribution in [0.25, 0.3) is 10.8 Å². The van der Waals surface area contributed by atoms with E-state index in [2.05, 4.69) is 10.4 Å². The lowest BCUT2D eigenvalue weighted by Crippen LogP contribution is -2.28. The largest absolute Gasteiger partial charge is 0.495 e. The molecular formula is C22H23N3O5. The second-order valence-electron chi connectivity index (χ2n) is 6.60. The average Bonchev–Trinajstić information content (AvgIpc) is 2.77. The van der Waals surface area contributed by atoms with E-state index in [0.29, 0.717) is 28.8 Å². The molecule has 156 valence electrons. The van der Waals surface area contributed by atoms with Crippen molar-refractivity contribution in [2.45, 2.75) is 26.3 Å². The van der Waals surface area contributed by atoms with Gasteiger partial charge < -0.3 is 14.8 Å². The molecule has 0 unspecified atom stereocenters. The van der Waals surface area contributed by atoms with Gasteiger partial charge in [0.1, 0.15) is 5.75 Å². The Balaban J connectivity index is 1.78. The summed E-state index contributed by atoms with van der Waals surface area (Å²) in [5.74, 6) is -0.795. The van der Waals surface area contributed by atoms with E-state index < -0.39 is 18.5 Å². The van der Waals surface area contributed by atoms with Crippen molar-refractivity contribution in [1.29, 1.82) is 0 Å². The van der Waals surface area contributed by atoms with Crippen molar-refractivity contribution < 1.29 is 19.1 Å². The second-order valence-corrected chi connectivity index (χ2v) is 6.60. The number of esters is 1. The zero-order chi connectivity index (χ0) is 21.5. The molecule has 3 rings (SSSR count). The molecule has 8 heteroatoms. The molecule has 0 aliphatic rings. The quantitative estimate of drug-likeness (QED) is 0.574. The maximum atomic E-state index is 12.7. The van der Waals surface area contributed by atoms with Crippen LogP contribution < -0.4 is 15.6 Å². The van der Waals surface area contributed by atoms with Crippen LogP contribution in [0.2, 0.25) is 0 Å². The number of nitrogens with one attached hydrogen (secondary N) is 1. The van der Waals surface area contributed by atoms with Crippen LogP contribution in [0, 0.1) is 0 Å². The number of anilines is 1. The van der Waals surface area contributed by atoms with Crippen molar-refractivity contribution in [3.05, 3.63) is 64.6 Å². The molecule has 0 fully saturated rings. The normalized spacial score (nSPS) is 10.6. The molecule has 0 atom stereocenters. The topological polar surface area (TPSA) is 99.5 Å². The number of aryl methyl sites for hydroxylation is 1. The lowest BCUT2D eigenvalue weighted by Gasteiger charge is -2.12. The monoisotopic (exact) mass is 409 g/mol. The third-order valence-corrected chi connectivity index (χ3v) is 4.50. The van der Waals surface area contributed by atoms with Crippen molar-refractivity contribution in [1.82, 2.24) is 9.78 Å². The van der Waals surface area contributed by atoms with Crippen LogP contribution in [0.1, 0.15) is 30.3 Å². The average molecular weight is 409 g/mol. The first kappa shape index (κ1) is 21.0. The molecule has 0 aliphatic carbocycles. The van der Waals surface area contributed by atoms with E-state index in [0.717, 1.165) is 12.8 Å². The van der Waals surface area contributed by atoms with Crippen molar-refractivity contribution in [3.63, 3.8) is 0 Å². The van der Waals surface area contributed by atoms with Gasteiger partial charge in [-0.1, -0.05) is 43.7 Å². The Bertz CT molecular complexity index is 1120. The zero-order valence-corrected chi connectivity index (χ0v) is 16.9. The van der Waals surface area contributed by atoms with Gasteiger partial charge in [0.2, 0.25) is 0 Å². The third kappa shape index (κ3) is 4.65. The van der Waals surface area contributed by atoms with Crippen LogP contribution in [0.5, 0.6) is 5.75 Å². The smallest absolute Gasteiger partial charge is 0.359 e. The molecule has 1 N–H and O–H groups in total. The Morgan fingerprint density at radius 1 is 1.07 bits per heavy atom. The number of fused-ring (bicyclic) bond motifs is 1. The van der Waals surface area contributed by atoms with Gasteiger partial charge in [-0.25, -0.2) is 9.48 Å². The van der Waals surface area contributed by atoms with Gasteiger partial charge in [-0.15, -0.1) is 0 Å². The highest BCUT2D eigenvalue weighted by atomic mass is 16.5. The highest BCUT2D eigenvalue weighted by molar-refractivity contribution is 6.03. The minimum absolute atomic E-state index is 0.00592.